The first-order valence-electron chi connectivity index (χ1n) is 3.85. The summed E-state index contributed by atoms with van der Waals surface area (Å²) in [5.74, 6) is -0.213. The average Bonchev–Trinajstić information content (AvgIpc) is 2.08. The number of nitrogens with zero attached hydrogens (tertiary/aromatic N) is 1. The van der Waals surface area contributed by atoms with Crippen LogP contribution < -0.4 is 4.74 Å². The van der Waals surface area contributed by atoms with E-state index in [0.717, 1.165) is 5.56 Å². The van der Waals surface area contributed by atoms with Gasteiger partial charge in [0.1, 0.15) is 5.75 Å². The van der Waals surface area contributed by atoms with Gasteiger partial charge in [0.25, 0.3) is 0 Å². The third kappa shape index (κ3) is 2.18. The lowest BCUT2D eigenvalue weighted by Gasteiger charge is -2.06. The van der Waals surface area contributed by atoms with E-state index in [1.807, 2.05) is 0 Å². The topological polar surface area (TPSA) is 59.4 Å². The molecule has 13 heavy (non-hydrogen) atoms. The molecular formula is C9H11NO3. The Morgan fingerprint density at radius 3 is 2.92 bits per heavy atom. The van der Waals surface area contributed by atoms with Gasteiger partial charge >= 0.3 is 5.97 Å². The first-order chi connectivity index (χ1) is 6.15. The molecule has 1 rings (SSSR count). The van der Waals surface area contributed by atoms with Crippen LogP contribution in [0.25, 0.3) is 0 Å². The van der Waals surface area contributed by atoms with Gasteiger partial charge in [0.05, 0.1) is 19.2 Å². The summed E-state index contributed by atoms with van der Waals surface area (Å²) in [5.41, 5.74) is 1.33. The molecule has 0 fully saturated rings. The fraction of sp³-hybridized carbons (Fsp3) is 0.333. The molecule has 0 spiro atoms. The molecule has 4 nitrogen and oxygen atoms in total. The van der Waals surface area contributed by atoms with Gasteiger partial charge in [0.15, 0.2) is 0 Å². The molecule has 0 amide bonds. The van der Waals surface area contributed by atoms with Gasteiger partial charge in [-0.3, -0.25) is 9.78 Å². The van der Waals surface area contributed by atoms with Crippen LogP contribution in [0.1, 0.15) is 11.3 Å². The molecule has 0 aliphatic rings. The normalized spacial score (nSPS) is 9.69. The van der Waals surface area contributed by atoms with Crippen LogP contribution in [0, 0.1) is 6.92 Å². The van der Waals surface area contributed by atoms with Crippen molar-refractivity contribution in [1.82, 2.24) is 4.98 Å². The number of aliphatic carboxylic acids is 1. The average molecular weight is 181 g/mol. The lowest BCUT2D eigenvalue weighted by Crippen LogP contribution is -2.05. The minimum Gasteiger partial charge on any atom is -0.496 e. The lowest BCUT2D eigenvalue weighted by atomic mass is 10.1. The maximum Gasteiger partial charge on any atom is 0.309 e. The third-order valence-electron chi connectivity index (χ3n) is 1.80. The van der Waals surface area contributed by atoms with Gasteiger partial charge in [-0.2, -0.15) is 0 Å². The Balaban J connectivity index is 3.01. The number of carboxylic acid groups (broad SMARTS) is 1. The maximum absolute atomic E-state index is 10.4. The zero-order chi connectivity index (χ0) is 9.84. The fourth-order valence-corrected chi connectivity index (χ4v) is 1.10. The molecule has 0 bridgehead atoms. The molecule has 0 radical (unpaired) electrons. The number of hydrogen-bond donors (Lipinski definition) is 1. The molecule has 1 heterocycles. The molecule has 1 N–H and O–H groups in total. The number of hydrogen-bond acceptors (Lipinski definition) is 3. The highest BCUT2D eigenvalue weighted by molar-refractivity contribution is 5.70. The van der Waals surface area contributed by atoms with Crippen molar-refractivity contribution in [2.45, 2.75) is 13.3 Å². The number of ether oxygens (including phenoxy) is 1. The van der Waals surface area contributed by atoms with Gasteiger partial charge in [0.2, 0.25) is 0 Å². The smallest absolute Gasteiger partial charge is 0.309 e. The number of carbonyl (C=O) groups is 1. The number of methoxy groups -OCH3 is 1. The molecule has 0 aromatic carbocycles. The van der Waals surface area contributed by atoms with Crippen molar-refractivity contribution in [3.05, 3.63) is 23.5 Å². The monoisotopic (exact) mass is 181 g/mol. The molecule has 0 unspecified atom stereocenters. The van der Waals surface area contributed by atoms with Crippen molar-refractivity contribution in [1.29, 1.82) is 0 Å². The van der Waals surface area contributed by atoms with Crippen molar-refractivity contribution < 1.29 is 14.6 Å². The van der Waals surface area contributed by atoms with E-state index in [4.69, 9.17) is 9.84 Å². The Bertz CT molecular complexity index is 323. The van der Waals surface area contributed by atoms with Crippen LogP contribution in [0.4, 0.5) is 0 Å². The van der Waals surface area contributed by atoms with Gasteiger partial charge in [-0.15, -0.1) is 0 Å². The Hall–Kier alpha value is -1.58. The second-order valence-electron chi connectivity index (χ2n) is 2.66. The Morgan fingerprint density at radius 1 is 1.69 bits per heavy atom. The van der Waals surface area contributed by atoms with E-state index in [0.29, 0.717) is 11.4 Å². The number of pyridine rings is 1. The molecule has 1 aromatic heterocycles. The summed E-state index contributed by atoms with van der Waals surface area (Å²) in [6.45, 7) is 1.80. The van der Waals surface area contributed by atoms with E-state index in [2.05, 4.69) is 4.98 Å². The summed E-state index contributed by atoms with van der Waals surface area (Å²) >= 11 is 0. The van der Waals surface area contributed by atoms with Crippen LogP contribution in [0.2, 0.25) is 0 Å². The molecular weight excluding hydrogens is 170 g/mol. The van der Waals surface area contributed by atoms with Crippen LogP contribution in [0.15, 0.2) is 12.3 Å². The summed E-state index contributed by atoms with van der Waals surface area (Å²) in [6.07, 6.45) is 1.48. The second-order valence-corrected chi connectivity index (χ2v) is 2.66. The molecule has 0 aliphatic carbocycles. The van der Waals surface area contributed by atoms with Crippen LogP contribution in [0.3, 0.4) is 0 Å². The standard InChI is InChI=1S/C9H11NO3/c1-6-7(5-9(11)12)10-4-3-8(6)13-2/h3-4H,5H2,1-2H3,(H,11,12). The van der Waals surface area contributed by atoms with Crippen molar-refractivity contribution in [2.24, 2.45) is 0 Å². The van der Waals surface area contributed by atoms with E-state index < -0.39 is 5.97 Å². The molecule has 0 atom stereocenters. The fourth-order valence-electron chi connectivity index (χ4n) is 1.10. The first-order valence-corrected chi connectivity index (χ1v) is 3.85. The first kappa shape index (κ1) is 9.51. The van der Waals surface area contributed by atoms with E-state index >= 15 is 0 Å². The van der Waals surface area contributed by atoms with Crippen molar-refractivity contribution >= 4 is 5.97 Å². The van der Waals surface area contributed by atoms with Crippen LogP contribution >= 0.6 is 0 Å². The van der Waals surface area contributed by atoms with Crippen molar-refractivity contribution in [3.63, 3.8) is 0 Å². The largest absolute Gasteiger partial charge is 0.496 e. The third-order valence-corrected chi connectivity index (χ3v) is 1.80. The molecule has 0 saturated carbocycles. The highest BCUT2D eigenvalue weighted by atomic mass is 16.5. The molecule has 4 heteroatoms. The van der Waals surface area contributed by atoms with Gasteiger partial charge < -0.3 is 9.84 Å². The highest BCUT2D eigenvalue weighted by Gasteiger charge is 2.08. The minimum absolute atomic E-state index is 0.0664. The maximum atomic E-state index is 10.4. The Labute approximate surface area is 76.2 Å². The van der Waals surface area contributed by atoms with Crippen molar-refractivity contribution in [3.8, 4) is 5.75 Å². The van der Waals surface area contributed by atoms with Gasteiger partial charge in [-0.1, -0.05) is 0 Å². The zero-order valence-corrected chi connectivity index (χ0v) is 7.57. The molecule has 0 saturated heterocycles. The predicted octanol–water partition coefficient (Wildman–Crippen LogP) is 1.03. The predicted molar refractivity (Wildman–Crippen MR) is 46.9 cm³/mol. The SMILES string of the molecule is COc1ccnc(CC(=O)O)c1C. The van der Waals surface area contributed by atoms with Gasteiger partial charge in [-0.05, 0) is 13.0 Å². The molecule has 0 aliphatic heterocycles. The van der Waals surface area contributed by atoms with E-state index in [9.17, 15) is 4.79 Å². The van der Waals surface area contributed by atoms with Crippen LogP contribution in [-0.2, 0) is 11.2 Å². The van der Waals surface area contributed by atoms with Crippen LogP contribution in [0.5, 0.6) is 5.75 Å². The number of aromatic nitrogens is 1. The highest BCUT2D eigenvalue weighted by Crippen LogP contribution is 2.18. The summed E-state index contributed by atoms with van der Waals surface area (Å²) in [4.78, 5) is 14.4. The van der Waals surface area contributed by atoms with Gasteiger partial charge in [0, 0.05) is 11.8 Å². The van der Waals surface area contributed by atoms with E-state index in [-0.39, 0.29) is 6.42 Å². The van der Waals surface area contributed by atoms with Crippen LogP contribution in [-0.4, -0.2) is 23.2 Å². The molecule has 70 valence electrons. The van der Waals surface area contributed by atoms with E-state index in [1.54, 1.807) is 26.3 Å². The summed E-state index contributed by atoms with van der Waals surface area (Å²) in [7, 11) is 1.55. The number of rotatable bonds is 3. The summed E-state index contributed by atoms with van der Waals surface area (Å²) in [6, 6.07) is 1.71. The van der Waals surface area contributed by atoms with Gasteiger partial charge in [-0.25, -0.2) is 0 Å². The quantitative estimate of drug-likeness (QED) is 0.756. The Morgan fingerprint density at radius 2 is 2.38 bits per heavy atom. The summed E-state index contributed by atoms with van der Waals surface area (Å²) < 4.78 is 5.03. The minimum atomic E-state index is -0.885. The van der Waals surface area contributed by atoms with Crippen molar-refractivity contribution in [2.75, 3.05) is 7.11 Å². The number of carboxylic acids is 1. The zero-order valence-electron chi connectivity index (χ0n) is 7.57. The second kappa shape index (κ2) is 3.89. The lowest BCUT2D eigenvalue weighted by molar-refractivity contribution is -0.136. The van der Waals surface area contributed by atoms with E-state index in [1.165, 1.54) is 0 Å². The molecule has 1 aromatic rings. The summed E-state index contributed by atoms with van der Waals surface area (Å²) in [5, 5.41) is 8.57. The Kier molecular flexibility index (Phi) is 2.84.